The Hall–Kier alpha value is -3.01. The smallest absolute Gasteiger partial charge is 0.309 e. The van der Waals surface area contributed by atoms with E-state index in [4.69, 9.17) is 32.7 Å². The maximum absolute atomic E-state index is 12.5. The molecule has 0 amide bonds. The van der Waals surface area contributed by atoms with Crippen LogP contribution in [0.1, 0.15) is 60.2 Å². The normalized spacial score (nSPS) is 15.4. The van der Waals surface area contributed by atoms with Crippen LogP contribution in [0.2, 0.25) is 10.0 Å². The summed E-state index contributed by atoms with van der Waals surface area (Å²) in [6.45, 7) is 7.93. The second-order valence-electron chi connectivity index (χ2n) is 9.39. The number of halogens is 3. The van der Waals surface area contributed by atoms with Crippen molar-refractivity contribution >= 4 is 53.4 Å². The predicted molar refractivity (Wildman–Crippen MR) is 157 cm³/mol. The van der Waals surface area contributed by atoms with Crippen molar-refractivity contribution < 1.29 is 33.0 Å². The Labute approximate surface area is 250 Å². The van der Waals surface area contributed by atoms with Crippen LogP contribution in [0.5, 0.6) is 0 Å². The number of carbonyl (C=O) groups excluding carboxylic acids is 4. The van der Waals surface area contributed by atoms with Gasteiger partial charge in [-0.2, -0.15) is 0 Å². The van der Waals surface area contributed by atoms with Crippen LogP contribution < -0.4 is 10.2 Å². The minimum atomic E-state index is -0.581. The highest BCUT2D eigenvalue weighted by atomic mass is 35.5. The molecule has 2 aliphatic heterocycles. The molecule has 8 nitrogen and oxygen atoms in total. The molecule has 0 bridgehead atoms. The van der Waals surface area contributed by atoms with Gasteiger partial charge in [0.15, 0.2) is 12.6 Å². The summed E-state index contributed by atoms with van der Waals surface area (Å²) in [6, 6.07) is 9.14. The molecule has 41 heavy (non-hydrogen) atoms. The van der Waals surface area contributed by atoms with Crippen LogP contribution in [0.3, 0.4) is 0 Å². The zero-order valence-corrected chi connectivity index (χ0v) is 24.9. The first-order valence-corrected chi connectivity index (χ1v) is 14.4. The SMILES string of the molecule is CCOC(=O)C1CCN(c2cc(Cl)ccc2C=O)CC1.CCOC(=O)C1CCNCC1.O=Cc1ccc(Cl)cc1F. The number of ether oxygens (including phenoxy) is 2. The number of hydrogen-bond donors (Lipinski definition) is 1. The number of benzene rings is 2. The van der Waals surface area contributed by atoms with Crippen molar-refractivity contribution in [2.75, 3.05) is 44.3 Å². The van der Waals surface area contributed by atoms with E-state index < -0.39 is 5.82 Å². The van der Waals surface area contributed by atoms with Crippen molar-refractivity contribution in [2.45, 2.75) is 39.5 Å². The molecule has 2 aromatic carbocycles. The van der Waals surface area contributed by atoms with Gasteiger partial charge in [-0.3, -0.25) is 19.2 Å². The molecular formula is C30H37Cl2FN2O6. The van der Waals surface area contributed by atoms with Gasteiger partial charge in [-0.05, 0) is 89.0 Å². The number of rotatable bonds is 7. The van der Waals surface area contributed by atoms with Crippen LogP contribution >= 0.6 is 23.2 Å². The lowest BCUT2D eigenvalue weighted by atomic mass is 9.96. The number of hydrogen-bond acceptors (Lipinski definition) is 8. The van der Waals surface area contributed by atoms with Crippen molar-refractivity contribution in [2.24, 2.45) is 11.8 Å². The molecular weight excluding hydrogens is 574 g/mol. The molecule has 0 atom stereocenters. The number of anilines is 1. The molecule has 0 radical (unpaired) electrons. The molecule has 0 spiro atoms. The van der Waals surface area contributed by atoms with Gasteiger partial charge in [-0.1, -0.05) is 23.2 Å². The van der Waals surface area contributed by atoms with Crippen molar-refractivity contribution in [3.63, 3.8) is 0 Å². The Morgan fingerprint density at radius 1 is 0.854 bits per heavy atom. The van der Waals surface area contributed by atoms with E-state index in [2.05, 4.69) is 10.2 Å². The molecule has 2 fully saturated rings. The van der Waals surface area contributed by atoms with Gasteiger partial charge in [0.25, 0.3) is 0 Å². The first-order valence-electron chi connectivity index (χ1n) is 13.7. The summed E-state index contributed by atoms with van der Waals surface area (Å²) in [6.07, 6.45) is 4.62. The maximum Gasteiger partial charge on any atom is 0.309 e. The lowest BCUT2D eigenvalue weighted by Crippen LogP contribution is -2.37. The fourth-order valence-electron chi connectivity index (χ4n) is 4.42. The van der Waals surface area contributed by atoms with Gasteiger partial charge in [-0.25, -0.2) is 4.39 Å². The highest BCUT2D eigenvalue weighted by molar-refractivity contribution is 6.31. The average Bonchev–Trinajstić information content (AvgIpc) is 2.99. The third-order valence-electron chi connectivity index (χ3n) is 6.62. The van der Waals surface area contributed by atoms with Crippen LogP contribution in [0.15, 0.2) is 36.4 Å². The van der Waals surface area contributed by atoms with Gasteiger partial charge in [0.1, 0.15) is 5.82 Å². The molecule has 2 saturated heterocycles. The number of carbonyl (C=O) groups is 4. The van der Waals surface area contributed by atoms with Crippen LogP contribution in [-0.4, -0.2) is 63.9 Å². The Morgan fingerprint density at radius 3 is 1.83 bits per heavy atom. The highest BCUT2D eigenvalue weighted by Gasteiger charge is 2.27. The minimum Gasteiger partial charge on any atom is -0.466 e. The highest BCUT2D eigenvalue weighted by Crippen LogP contribution is 2.28. The van der Waals surface area contributed by atoms with E-state index in [-0.39, 0.29) is 29.3 Å². The number of aldehydes is 2. The standard InChI is InChI=1S/C15H18ClNO3.C8H15NO2.C7H4ClFO/c1-2-20-15(19)11-5-7-17(8-6-11)14-9-13(16)4-3-12(14)10-18;1-2-11-8(10)7-3-5-9-6-4-7;8-6-2-1-5(4-10)7(9)3-6/h3-4,9-11H,2,5-8H2,1H3;7,9H,2-6H2,1H3;1-4H. The van der Waals surface area contributed by atoms with E-state index in [1.807, 2.05) is 13.8 Å². The first-order chi connectivity index (χ1) is 19.7. The fourth-order valence-corrected chi connectivity index (χ4v) is 4.75. The van der Waals surface area contributed by atoms with Gasteiger partial charge in [0.2, 0.25) is 0 Å². The molecule has 4 rings (SSSR count). The van der Waals surface area contributed by atoms with Gasteiger partial charge in [0, 0.05) is 34.4 Å². The van der Waals surface area contributed by atoms with Gasteiger partial charge < -0.3 is 19.7 Å². The molecule has 2 heterocycles. The molecule has 0 aromatic heterocycles. The number of nitrogens with zero attached hydrogens (tertiary/aromatic N) is 1. The molecule has 2 aliphatic rings. The minimum absolute atomic E-state index is 0.0194. The van der Waals surface area contributed by atoms with Gasteiger partial charge in [0.05, 0.1) is 30.6 Å². The Kier molecular flexibility index (Phi) is 15.4. The van der Waals surface area contributed by atoms with Crippen LogP contribution in [0, 0.1) is 17.7 Å². The molecule has 224 valence electrons. The summed E-state index contributed by atoms with van der Waals surface area (Å²) >= 11 is 11.4. The quantitative estimate of drug-likeness (QED) is 0.311. The van der Waals surface area contributed by atoms with E-state index in [1.54, 1.807) is 18.2 Å². The van der Waals surface area contributed by atoms with Gasteiger partial charge in [-0.15, -0.1) is 0 Å². The Balaban J connectivity index is 0.000000236. The predicted octanol–water partition coefficient (Wildman–Crippen LogP) is 5.77. The summed E-state index contributed by atoms with van der Waals surface area (Å²) in [7, 11) is 0. The molecule has 0 unspecified atom stereocenters. The number of nitrogens with one attached hydrogen (secondary N) is 1. The summed E-state index contributed by atoms with van der Waals surface area (Å²) < 4.78 is 22.5. The van der Waals surface area contributed by atoms with Crippen LogP contribution in [0.4, 0.5) is 10.1 Å². The van der Waals surface area contributed by atoms with Crippen LogP contribution in [0.25, 0.3) is 0 Å². The van der Waals surface area contributed by atoms with Crippen LogP contribution in [-0.2, 0) is 19.1 Å². The first kappa shape index (κ1) is 34.2. The molecule has 11 heteroatoms. The van der Waals surface area contributed by atoms with E-state index in [9.17, 15) is 23.6 Å². The van der Waals surface area contributed by atoms with Crippen molar-refractivity contribution in [3.05, 3.63) is 63.4 Å². The lowest BCUT2D eigenvalue weighted by molar-refractivity contribution is -0.149. The fraction of sp³-hybridized carbons (Fsp3) is 0.467. The molecule has 0 saturated carbocycles. The average molecular weight is 612 g/mol. The lowest BCUT2D eigenvalue weighted by Gasteiger charge is -2.33. The van der Waals surface area contributed by atoms with E-state index in [1.165, 1.54) is 12.1 Å². The second-order valence-corrected chi connectivity index (χ2v) is 10.3. The monoisotopic (exact) mass is 610 g/mol. The Bertz CT molecular complexity index is 1150. The molecule has 1 N–H and O–H groups in total. The summed E-state index contributed by atoms with van der Waals surface area (Å²) in [5.41, 5.74) is 1.50. The van der Waals surface area contributed by atoms with Crippen molar-refractivity contribution in [1.29, 1.82) is 0 Å². The maximum atomic E-state index is 12.5. The second kappa shape index (κ2) is 18.4. The third-order valence-corrected chi connectivity index (χ3v) is 7.09. The van der Waals surface area contributed by atoms with E-state index in [0.717, 1.165) is 69.9 Å². The molecule has 2 aromatic rings. The number of esters is 2. The summed E-state index contributed by atoms with van der Waals surface area (Å²) in [5, 5.41) is 4.11. The zero-order valence-electron chi connectivity index (χ0n) is 23.4. The summed E-state index contributed by atoms with van der Waals surface area (Å²) in [5.74, 6) is -0.605. The van der Waals surface area contributed by atoms with Gasteiger partial charge >= 0.3 is 11.9 Å². The van der Waals surface area contributed by atoms with E-state index in [0.29, 0.717) is 35.1 Å². The topological polar surface area (TPSA) is 102 Å². The molecule has 0 aliphatic carbocycles. The van der Waals surface area contributed by atoms with Crippen molar-refractivity contribution in [3.8, 4) is 0 Å². The largest absolute Gasteiger partial charge is 0.466 e. The van der Waals surface area contributed by atoms with Crippen molar-refractivity contribution in [1.82, 2.24) is 5.32 Å². The number of piperidine rings is 2. The summed E-state index contributed by atoms with van der Waals surface area (Å²) in [4.78, 5) is 46.1. The Morgan fingerprint density at radius 2 is 1.34 bits per heavy atom. The zero-order chi connectivity index (χ0) is 30.2. The third kappa shape index (κ3) is 11.4. The van der Waals surface area contributed by atoms with E-state index >= 15 is 0 Å².